The van der Waals surface area contributed by atoms with Gasteiger partial charge in [0.2, 0.25) is 0 Å². The molecule has 0 aliphatic rings. The van der Waals surface area contributed by atoms with Crippen LogP contribution in [-0.4, -0.2) is 44.9 Å². The molecule has 2 N–H and O–H groups in total. The van der Waals surface area contributed by atoms with Crippen molar-refractivity contribution in [2.24, 2.45) is 0 Å². The zero-order valence-electron chi connectivity index (χ0n) is 6.50. The summed E-state index contributed by atoms with van der Waals surface area (Å²) in [5.74, 6) is 0. The van der Waals surface area contributed by atoms with Gasteiger partial charge in [-0.15, -0.1) is 0 Å². The van der Waals surface area contributed by atoms with Gasteiger partial charge in [-0.25, -0.2) is 0 Å². The quantitative estimate of drug-likeness (QED) is 0.371. The number of halogens is 2. The van der Waals surface area contributed by atoms with Crippen molar-refractivity contribution in [2.75, 3.05) is 33.0 Å². The SMILES string of the molecule is OCCOCCOCC(O)(I)I. The Kier molecular flexibility index (Phi) is 8.51. The van der Waals surface area contributed by atoms with Crippen molar-refractivity contribution in [3.8, 4) is 0 Å². The Morgan fingerprint density at radius 1 is 1.08 bits per heavy atom. The minimum absolute atomic E-state index is 0.0303. The molecule has 6 heteroatoms. The van der Waals surface area contributed by atoms with Gasteiger partial charge in [0, 0.05) is 0 Å². The molecule has 4 nitrogen and oxygen atoms in total. The van der Waals surface area contributed by atoms with Gasteiger partial charge in [0.05, 0.1) is 33.0 Å². The lowest BCUT2D eigenvalue weighted by atomic mass is 10.7. The summed E-state index contributed by atoms with van der Waals surface area (Å²) in [6, 6.07) is 0. The maximum Gasteiger partial charge on any atom is 0.190 e. The average Bonchev–Trinajstić information content (AvgIpc) is 1.94. The highest BCUT2D eigenvalue weighted by Crippen LogP contribution is 2.23. The standard InChI is InChI=1S/C6H12I2O4/c7-6(8,10)5-12-4-3-11-2-1-9/h9-10H,1-5H2. The second kappa shape index (κ2) is 7.68. The van der Waals surface area contributed by atoms with Crippen molar-refractivity contribution >= 4 is 45.2 Å². The van der Waals surface area contributed by atoms with Crippen LogP contribution in [0.2, 0.25) is 0 Å². The van der Waals surface area contributed by atoms with Gasteiger partial charge in [-0.3, -0.25) is 0 Å². The van der Waals surface area contributed by atoms with Crippen LogP contribution in [0.3, 0.4) is 0 Å². The van der Waals surface area contributed by atoms with Crippen LogP contribution in [0, 0.1) is 0 Å². The van der Waals surface area contributed by atoms with E-state index in [0.717, 1.165) is 0 Å². The van der Waals surface area contributed by atoms with Gasteiger partial charge in [0.15, 0.2) is 1.61 Å². The molecule has 0 aromatic heterocycles. The van der Waals surface area contributed by atoms with E-state index in [0.29, 0.717) is 19.8 Å². The molecule has 0 spiro atoms. The fraction of sp³-hybridized carbons (Fsp3) is 1.00. The van der Waals surface area contributed by atoms with E-state index in [1.165, 1.54) is 0 Å². The molecule has 0 amide bonds. The molecule has 0 bridgehead atoms. The number of alkyl halides is 2. The third kappa shape index (κ3) is 11.3. The van der Waals surface area contributed by atoms with Crippen LogP contribution in [0.25, 0.3) is 0 Å². The minimum atomic E-state index is -0.841. The Balaban J connectivity index is 3.01. The number of hydrogen-bond acceptors (Lipinski definition) is 4. The molecule has 0 saturated carbocycles. The Labute approximate surface area is 98.9 Å². The lowest BCUT2D eigenvalue weighted by molar-refractivity contribution is 0.0166. The van der Waals surface area contributed by atoms with Crippen molar-refractivity contribution in [3.05, 3.63) is 0 Å². The largest absolute Gasteiger partial charge is 0.394 e. The lowest BCUT2D eigenvalue weighted by Crippen LogP contribution is -2.20. The van der Waals surface area contributed by atoms with Gasteiger partial charge >= 0.3 is 0 Å². The van der Waals surface area contributed by atoms with Crippen molar-refractivity contribution in [1.29, 1.82) is 0 Å². The first kappa shape index (κ1) is 13.3. The highest BCUT2D eigenvalue weighted by atomic mass is 127. The summed E-state index contributed by atoms with van der Waals surface area (Å²) >= 11 is 3.76. The Morgan fingerprint density at radius 3 is 2.17 bits per heavy atom. The van der Waals surface area contributed by atoms with E-state index >= 15 is 0 Å². The molecule has 0 atom stereocenters. The summed E-state index contributed by atoms with van der Waals surface area (Å²) in [5.41, 5.74) is 0. The topological polar surface area (TPSA) is 58.9 Å². The van der Waals surface area contributed by atoms with Gasteiger partial charge in [-0.2, -0.15) is 0 Å². The molecule has 0 radical (unpaired) electrons. The van der Waals surface area contributed by atoms with Gasteiger partial charge in [-0.05, 0) is 45.2 Å². The number of aliphatic hydroxyl groups is 2. The molecule has 0 unspecified atom stereocenters. The molecule has 0 aromatic carbocycles. The van der Waals surface area contributed by atoms with Crippen LogP contribution in [0.1, 0.15) is 0 Å². The molecule has 0 saturated heterocycles. The van der Waals surface area contributed by atoms with E-state index < -0.39 is 1.61 Å². The fourth-order valence-corrected chi connectivity index (χ4v) is 0.920. The van der Waals surface area contributed by atoms with Crippen LogP contribution in [0.5, 0.6) is 0 Å². The van der Waals surface area contributed by atoms with Crippen molar-refractivity contribution in [3.63, 3.8) is 0 Å². The first-order chi connectivity index (χ1) is 5.56. The monoisotopic (exact) mass is 402 g/mol. The van der Waals surface area contributed by atoms with Gasteiger partial charge in [0.25, 0.3) is 0 Å². The molecule has 0 fully saturated rings. The van der Waals surface area contributed by atoms with Crippen LogP contribution in [-0.2, 0) is 9.47 Å². The summed E-state index contributed by atoms with van der Waals surface area (Å²) in [6.07, 6.45) is 0. The van der Waals surface area contributed by atoms with Crippen molar-refractivity contribution in [1.82, 2.24) is 0 Å². The molecule has 74 valence electrons. The van der Waals surface area contributed by atoms with E-state index in [1.54, 1.807) is 0 Å². The number of hydrogen-bond donors (Lipinski definition) is 2. The molecule has 12 heavy (non-hydrogen) atoms. The van der Waals surface area contributed by atoms with Gasteiger partial charge < -0.3 is 19.7 Å². The third-order valence-electron chi connectivity index (χ3n) is 0.883. The molecule has 0 rings (SSSR count). The normalized spacial score (nSPS) is 12.0. The van der Waals surface area contributed by atoms with E-state index in [1.807, 2.05) is 45.2 Å². The zero-order valence-corrected chi connectivity index (χ0v) is 10.8. The highest BCUT2D eigenvalue weighted by Gasteiger charge is 2.16. The molecular formula is C6H12I2O4. The van der Waals surface area contributed by atoms with Crippen LogP contribution < -0.4 is 0 Å². The minimum Gasteiger partial charge on any atom is -0.394 e. The smallest absolute Gasteiger partial charge is 0.190 e. The maximum absolute atomic E-state index is 9.19. The summed E-state index contributed by atoms with van der Waals surface area (Å²) in [7, 11) is 0. The van der Waals surface area contributed by atoms with E-state index in [4.69, 9.17) is 14.6 Å². The zero-order chi connectivity index (χ0) is 9.45. The lowest BCUT2D eigenvalue weighted by Gasteiger charge is -2.12. The predicted molar refractivity (Wildman–Crippen MR) is 61.7 cm³/mol. The summed E-state index contributed by atoms with van der Waals surface area (Å²) in [4.78, 5) is 0. The van der Waals surface area contributed by atoms with Gasteiger partial charge in [0.1, 0.15) is 0 Å². The molecule has 0 aromatic rings. The second-order valence-electron chi connectivity index (χ2n) is 2.05. The molecule has 0 aliphatic heterocycles. The number of rotatable bonds is 7. The number of ether oxygens (including phenoxy) is 2. The van der Waals surface area contributed by atoms with E-state index in [2.05, 4.69) is 0 Å². The summed E-state index contributed by atoms with van der Waals surface area (Å²) < 4.78 is 9.17. The van der Waals surface area contributed by atoms with Crippen LogP contribution in [0.15, 0.2) is 0 Å². The van der Waals surface area contributed by atoms with Gasteiger partial charge in [-0.1, -0.05) is 0 Å². The third-order valence-corrected chi connectivity index (χ3v) is 1.51. The number of aliphatic hydroxyl groups excluding tert-OH is 1. The maximum atomic E-state index is 9.19. The highest BCUT2D eigenvalue weighted by molar-refractivity contribution is 14.2. The Morgan fingerprint density at radius 2 is 1.67 bits per heavy atom. The van der Waals surface area contributed by atoms with E-state index in [9.17, 15) is 5.11 Å². The van der Waals surface area contributed by atoms with Crippen LogP contribution >= 0.6 is 45.2 Å². The Bertz CT molecular complexity index is 104. The fourth-order valence-electron chi connectivity index (χ4n) is 0.479. The first-order valence-corrected chi connectivity index (χ1v) is 5.58. The molecule has 0 aliphatic carbocycles. The second-order valence-corrected chi connectivity index (χ2v) is 7.69. The molecular weight excluding hydrogens is 390 g/mol. The molecule has 0 heterocycles. The Hall–Kier alpha value is 1.30. The van der Waals surface area contributed by atoms with Crippen LogP contribution in [0.4, 0.5) is 0 Å². The average molecular weight is 402 g/mol. The first-order valence-electron chi connectivity index (χ1n) is 3.43. The summed E-state index contributed by atoms with van der Waals surface area (Å²) in [6.45, 7) is 1.53. The predicted octanol–water partition coefficient (Wildman–Crippen LogP) is 0.528. The van der Waals surface area contributed by atoms with Crippen molar-refractivity contribution < 1.29 is 19.7 Å². The summed E-state index contributed by atoms with van der Waals surface area (Å²) in [5, 5.41) is 17.5. The van der Waals surface area contributed by atoms with E-state index in [-0.39, 0.29) is 13.2 Å². The van der Waals surface area contributed by atoms with Crippen molar-refractivity contribution in [2.45, 2.75) is 1.61 Å².